The van der Waals surface area contributed by atoms with Gasteiger partial charge in [-0.3, -0.25) is 4.79 Å². The van der Waals surface area contributed by atoms with Crippen LogP contribution in [0.25, 0.3) is 6.08 Å². The van der Waals surface area contributed by atoms with Crippen molar-refractivity contribution in [3.05, 3.63) is 98.4 Å². The molecule has 3 aromatic carbocycles. The molecule has 0 heterocycles. The molecule has 0 N–H and O–H groups in total. The summed E-state index contributed by atoms with van der Waals surface area (Å²) in [5.41, 5.74) is 2.58. The minimum Gasteiger partial charge on any atom is -0.497 e. The lowest BCUT2D eigenvalue weighted by atomic mass is 10.1. The first kappa shape index (κ1) is 20.4. The lowest BCUT2D eigenvalue weighted by Crippen LogP contribution is -1.97. The Morgan fingerprint density at radius 3 is 2.21 bits per heavy atom. The van der Waals surface area contributed by atoms with Crippen molar-refractivity contribution in [2.75, 3.05) is 7.11 Å². The predicted octanol–water partition coefficient (Wildman–Crippen LogP) is 6.70. The maximum absolute atomic E-state index is 12.3. The van der Waals surface area contributed by atoms with Crippen LogP contribution >= 0.6 is 31.9 Å². The van der Waals surface area contributed by atoms with E-state index in [4.69, 9.17) is 9.47 Å². The van der Waals surface area contributed by atoms with E-state index in [0.717, 1.165) is 31.6 Å². The Labute approximate surface area is 181 Å². The molecule has 0 fully saturated rings. The molecule has 0 saturated carbocycles. The normalized spacial score (nSPS) is 10.8. The molecule has 0 atom stereocenters. The monoisotopic (exact) mass is 500 g/mol. The zero-order chi connectivity index (χ0) is 19.9. The van der Waals surface area contributed by atoms with Crippen LogP contribution in [0, 0.1) is 0 Å². The van der Waals surface area contributed by atoms with Gasteiger partial charge >= 0.3 is 0 Å². The van der Waals surface area contributed by atoms with E-state index in [-0.39, 0.29) is 5.78 Å². The molecule has 142 valence electrons. The highest BCUT2D eigenvalue weighted by molar-refractivity contribution is 9.11. The van der Waals surface area contributed by atoms with Crippen LogP contribution in [0.2, 0.25) is 0 Å². The number of rotatable bonds is 7. The van der Waals surface area contributed by atoms with Gasteiger partial charge in [-0.1, -0.05) is 36.4 Å². The molecule has 0 radical (unpaired) electrons. The van der Waals surface area contributed by atoms with Crippen molar-refractivity contribution in [3.8, 4) is 11.5 Å². The molecule has 0 aromatic heterocycles. The van der Waals surface area contributed by atoms with Crippen LogP contribution in [0.1, 0.15) is 21.5 Å². The van der Waals surface area contributed by atoms with E-state index < -0.39 is 0 Å². The molecule has 3 rings (SSSR count). The minimum atomic E-state index is -0.0701. The Morgan fingerprint density at radius 1 is 0.964 bits per heavy atom. The van der Waals surface area contributed by atoms with Crippen molar-refractivity contribution in [1.29, 1.82) is 0 Å². The summed E-state index contributed by atoms with van der Waals surface area (Å²) in [4.78, 5) is 12.3. The standard InChI is InChI=1S/C23H18Br2O3/c1-27-19-10-8-18(9-11-19)22(26)12-7-17-13-20(24)23(21(25)14-17)28-15-16-5-3-2-4-6-16/h2-14H,15H2,1H3/b12-7+. The first-order valence-electron chi connectivity index (χ1n) is 8.59. The van der Waals surface area contributed by atoms with Gasteiger partial charge in [-0.2, -0.15) is 0 Å². The third kappa shape index (κ3) is 5.33. The summed E-state index contributed by atoms with van der Waals surface area (Å²) in [6, 6.07) is 20.9. The van der Waals surface area contributed by atoms with Gasteiger partial charge in [-0.25, -0.2) is 0 Å². The van der Waals surface area contributed by atoms with E-state index in [1.54, 1.807) is 43.5 Å². The van der Waals surface area contributed by atoms with Crippen molar-refractivity contribution in [2.45, 2.75) is 6.61 Å². The van der Waals surface area contributed by atoms with Crippen molar-refractivity contribution in [2.24, 2.45) is 0 Å². The van der Waals surface area contributed by atoms with Gasteiger partial charge in [-0.15, -0.1) is 0 Å². The summed E-state index contributed by atoms with van der Waals surface area (Å²) in [6.45, 7) is 0.475. The first-order valence-corrected chi connectivity index (χ1v) is 10.2. The molecule has 0 amide bonds. The van der Waals surface area contributed by atoms with Gasteiger partial charge in [0.1, 0.15) is 18.1 Å². The molecule has 5 heteroatoms. The van der Waals surface area contributed by atoms with Crippen LogP contribution in [-0.4, -0.2) is 12.9 Å². The molecular weight excluding hydrogens is 484 g/mol. The van der Waals surface area contributed by atoms with Gasteiger partial charge in [0.05, 0.1) is 16.1 Å². The van der Waals surface area contributed by atoms with E-state index in [2.05, 4.69) is 31.9 Å². The smallest absolute Gasteiger partial charge is 0.185 e. The molecule has 0 saturated heterocycles. The summed E-state index contributed by atoms with van der Waals surface area (Å²) in [5, 5.41) is 0. The fraction of sp³-hybridized carbons (Fsp3) is 0.0870. The van der Waals surface area contributed by atoms with Crippen LogP contribution in [-0.2, 0) is 6.61 Å². The summed E-state index contributed by atoms with van der Waals surface area (Å²) in [7, 11) is 1.60. The molecule has 0 unspecified atom stereocenters. The number of benzene rings is 3. The molecule has 0 spiro atoms. The number of ketones is 1. The molecular formula is C23H18Br2O3. The van der Waals surface area contributed by atoms with Crippen LogP contribution in [0.5, 0.6) is 11.5 Å². The molecule has 0 aliphatic carbocycles. The molecule has 3 nitrogen and oxygen atoms in total. The Balaban J connectivity index is 1.70. The van der Waals surface area contributed by atoms with Crippen LogP contribution in [0.15, 0.2) is 81.8 Å². The van der Waals surface area contributed by atoms with Crippen molar-refractivity contribution in [1.82, 2.24) is 0 Å². The Hall–Kier alpha value is -2.37. The SMILES string of the molecule is COc1ccc(C(=O)/C=C/c2cc(Br)c(OCc3ccccc3)c(Br)c2)cc1. The highest BCUT2D eigenvalue weighted by Crippen LogP contribution is 2.35. The maximum Gasteiger partial charge on any atom is 0.185 e. The second kappa shape index (κ2) is 9.71. The number of carbonyl (C=O) groups excluding carboxylic acids is 1. The largest absolute Gasteiger partial charge is 0.497 e. The first-order chi connectivity index (χ1) is 13.6. The quantitative estimate of drug-likeness (QED) is 0.267. The number of allylic oxidation sites excluding steroid dienone is 1. The van der Waals surface area contributed by atoms with Gasteiger partial charge in [0.2, 0.25) is 0 Å². The van der Waals surface area contributed by atoms with Gasteiger partial charge in [-0.05, 0) is 85.5 Å². The van der Waals surface area contributed by atoms with Gasteiger partial charge in [0.15, 0.2) is 5.78 Å². The van der Waals surface area contributed by atoms with Crippen molar-refractivity contribution < 1.29 is 14.3 Å². The molecule has 0 bridgehead atoms. The number of halogens is 2. The summed E-state index contributed by atoms with van der Waals surface area (Å²) in [5.74, 6) is 1.38. The zero-order valence-corrected chi connectivity index (χ0v) is 18.4. The van der Waals surface area contributed by atoms with Crippen LogP contribution in [0.3, 0.4) is 0 Å². The summed E-state index contributed by atoms with van der Waals surface area (Å²) in [6.07, 6.45) is 3.34. The number of hydrogen-bond acceptors (Lipinski definition) is 3. The molecule has 3 aromatic rings. The lowest BCUT2D eigenvalue weighted by Gasteiger charge is -2.11. The lowest BCUT2D eigenvalue weighted by molar-refractivity contribution is 0.104. The van der Waals surface area contributed by atoms with Gasteiger partial charge in [0, 0.05) is 5.56 Å². The van der Waals surface area contributed by atoms with E-state index in [9.17, 15) is 4.79 Å². The van der Waals surface area contributed by atoms with E-state index >= 15 is 0 Å². The second-order valence-electron chi connectivity index (χ2n) is 6.01. The second-order valence-corrected chi connectivity index (χ2v) is 7.72. The Morgan fingerprint density at radius 2 is 1.61 bits per heavy atom. The predicted molar refractivity (Wildman–Crippen MR) is 119 cm³/mol. The molecule has 0 aliphatic heterocycles. The van der Waals surface area contributed by atoms with Crippen LogP contribution < -0.4 is 9.47 Å². The number of methoxy groups -OCH3 is 1. The van der Waals surface area contributed by atoms with E-state index in [1.165, 1.54) is 0 Å². The van der Waals surface area contributed by atoms with E-state index in [0.29, 0.717) is 12.2 Å². The van der Waals surface area contributed by atoms with Crippen LogP contribution in [0.4, 0.5) is 0 Å². The summed E-state index contributed by atoms with van der Waals surface area (Å²) >= 11 is 7.10. The highest BCUT2D eigenvalue weighted by Gasteiger charge is 2.09. The summed E-state index contributed by atoms with van der Waals surface area (Å²) < 4.78 is 12.7. The van der Waals surface area contributed by atoms with Crippen molar-refractivity contribution >= 4 is 43.7 Å². The topological polar surface area (TPSA) is 35.5 Å². The fourth-order valence-electron chi connectivity index (χ4n) is 2.57. The fourth-order valence-corrected chi connectivity index (χ4v) is 4.02. The highest BCUT2D eigenvalue weighted by atomic mass is 79.9. The Bertz CT molecular complexity index is 957. The third-order valence-electron chi connectivity index (χ3n) is 4.05. The number of hydrogen-bond donors (Lipinski definition) is 0. The average Bonchev–Trinajstić information content (AvgIpc) is 2.72. The van der Waals surface area contributed by atoms with E-state index in [1.807, 2.05) is 42.5 Å². The molecule has 0 aliphatic rings. The zero-order valence-electron chi connectivity index (χ0n) is 15.2. The van der Waals surface area contributed by atoms with Gasteiger partial charge < -0.3 is 9.47 Å². The third-order valence-corrected chi connectivity index (χ3v) is 5.23. The maximum atomic E-state index is 12.3. The Kier molecular flexibility index (Phi) is 7.06. The number of carbonyl (C=O) groups is 1. The van der Waals surface area contributed by atoms with Gasteiger partial charge in [0.25, 0.3) is 0 Å². The number of ether oxygens (including phenoxy) is 2. The average molecular weight is 502 g/mol. The minimum absolute atomic E-state index is 0.0701. The van der Waals surface area contributed by atoms with Crippen molar-refractivity contribution in [3.63, 3.8) is 0 Å². The molecule has 28 heavy (non-hydrogen) atoms.